The summed E-state index contributed by atoms with van der Waals surface area (Å²) in [5.74, 6) is 0.673. The molecule has 17 heavy (non-hydrogen) atoms. The van der Waals surface area contributed by atoms with Crippen LogP contribution >= 0.6 is 0 Å². The Kier molecular flexibility index (Phi) is 3.78. The fourth-order valence-corrected chi connectivity index (χ4v) is 2.26. The molecule has 1 aromatic rings. The number of aryl methyl sites for hydroxylation is 2. The third kappa shape index (κ3) is 2.85. The number of hydrogen-bond acceptors (Lipinski definition) is 3. The standard InChI is InChI=1S/C12H19N3O2/c1-14-8-9-15(12(17)11(14)16)7-4-10-2-5-13-6-3-10/h8-10,13H,2-7H2,1H3. The van der Waals surface area contributed by atoms with Gasteiger partial charge < -0.3 is 14.5 Å². The van der Waals surface area contributed by atoms with Crippen LogP contribution in [0.1, 0.15) is 19.3 Å². The Balaban J connectivity index is 2.02. The summed E-state index contributed by atoms with van der Waals surface area (Å²) < 4.78 is 2.85. The second-order valence-corrected chi connectivity index (χ2v) is 4.69. The van der Waals surface area contributed by atoms with Crippen molar-refractivity contribution in [2.75, 3.05) is 13.1 Å². The Morgan fingerprint density at radius 1 is 1.24 bits per heavy atom. The molecule has 1 N–H and O–H groups in total. The molecule has 1 fully saturated rings. The smallest absolute Gasteiger partial charge is 0.316 e. The van der Waals surface area contributed by atoms with Gasteiger partial charge in [-0.1, -0.05) is 0 Å². The van der Waals surface area contributed by atoms with Gasteiger partial charge in [0.1, 0.15) is 0 Å². The highest BCUT2D eigenvalue weighted by atomic mass is 16.2. The zero-order chi connectivity index (χ0) is 12.3. The summed E-state index contributed by atoms with van der Waals surface area (Å²) >= 11 is 0. The lowest BCUT2D eigenvalue weighted by molar-refractivity contribution is 0.335. The summed E-state index contributed by atoms with van der Waals surface area (Å²) in [5.41, 5.74) is -0.859. The van der Waals surface area contributed by atoms with E-state index in [9.17, 15) is 9.59 Å². The quantitative estimate of drug-likeness (QED) is 0.749. The minimum atomic E-state index is -0.446. The zero-order valence-electron chi connectivity index (χ0n) is 10.2. The molecule has 0 aromatic carbocycles. The van der Waals surface area contributed by atoms with Crippen molar-refractivity contribution < 1.29 is 0 Å². The van der Waals surface area contributed by atoms with Crippen molar-refractivity contribution in [2.45, 2.75) is 25.8 Å². The van der Waals surface area contributed by atoms with Crippen LogP contribution in [-0.4, -0.2) is 22.2 Å². The molecule has 0 bridgehead atoms. The van der Waals surface area contributed by atoms with Crippen molar-refractivity contribution in [2.24, 2.45) is 13.0 Å². The largest absolute Gasteiger partial charge is 0.317 e. The second kappa shape index (κ2) is 5.31. The highest BCUT2D eigenvalue weighted by Gasteiger charge is 2.13. The molecule has 94 valence electrons. The van der Waals surface area contributed by atoms with E-state index in [0.29, 0.717) is 12.5 Å². The molecule has 1 aliphatic heterocycles. The zero-order valence-corrected chi connectivity index (χ0v) is 10.2. The van der Waals surface area contributed by atoms with Gasteiger partial charge in [0.05, 0.1) is 0 Å². The summed E-state index contributed by atoms with van der Waals surface area (Å²) in [4.78, 5) is 23.1. The molecule has 0 radical (unpaired) electrons. The molecule has 2 rings (SSSR count). The first-order valence-electron chi connectivity index (χ1n) is 6.15. The Hall–Kier alpha value is -1.36. The predicted molar refractivity (Wildman–Crippen MR) is 66.2 cm³/mol. The lowest BCUT2D eigenvalue weighted by atomic mass is 9.95. The number of rotatable bonds is 3. The van der Waals surface area contributed by atoms with Gasteiger partial charge in [0, 0.05) is 26.0 Å². The molecule has 1 saturated heterocycles. The summed E-state index contributed by atoms with van der Waals surface area (Å²) in [6.07, 6.45) is 6.66. The van der Waals surface area contributed by atoms with Gasteiger partial charge in [0.2, 0.25) is 0 Å². The van der Waals surface area contributed by atoms with Gasteiger partial charge >= 0.3 is 11.1 Å². The van der Waals surface area contributed by atoms with Crippen molar-refractivity contribution in [3.8, 4) is 0 Å². The number of hydrogen-bond donors (Lipinski definition) is 1. The van der Waals surface area contributed by atoms with Crippen LogP contribution in [0.5, 0.6) is 0 Å². The molecule has 0 aliphatic carbocycles. The monoisotopic (exact) mass is 237 g/mol. The van der Waals surface area contributed by atoms with Crippen molar-refractivity contribution in [1.82, 2.24) is 14.5 Å². The van der Waals surface area contributed by atoms with E-state index in [2.05, 4.69) is 5.32 Å². The van der Waals surface area contributed by atoms with E-state index in [0.717, 1.165) is 19.5 Å². The van der Waals surface area contributed by atoms with Crippen LogP contribution in [0.25, 0.3) is 0 Å². The third-order valence-electron chi connectivity index (χ3n) is 3.47. The lowest BCUT2D eigenvalue weighted by Gasteiger charge is -2.22. The predicted octanol–water partition coefficient (Wildman–Crippen LogP) is -0.0633. The fourth-order valence-electron chi connectivity index (χ4n) is 2.26. The summed E-state index contributed by atoms with van der Waals surface area (Å²) in [6.45, 7) is 2.78. The van der Waals surface area contributed by atoms with Crippen LogP contribution in [0.2, 0.25) is 0 Å². The van der Waals surface area contributed by atoms with Gasteiger partial charge in [0.25, 0.3) is 0 Å². The number of piperidine rings is 1. The summed E-state index contributed by atoms with van der Waals surface area (Å²) in [7, 11) is 1.60. The van der Waals surface area contributed by atoms with Crippen LogP contribution in [0.15, 0.2) is 22.0 Å². The number of nitrogens with one attached hydrogen (secondary N) is 1. The average molecular weight is 237 g/mol. The molecule has 0 unspecified atom stereocenters. The van der Waals surface area contributed by atoms with Crippen molar-refractivity contribution in [3.63, 3.8) is 0 Å². The van der Waals surface area contributed by atoms with Crippen LogP contribution in [0.4, 0.5) is 0 Å². The first-order chi connectivity index (χ1) is 8.18. The maximum atomic E-state index is 11.7. The number of nitrogens with zero attached hydrogens (tertiary/aromatic N) is 2. The summed E-state index contributed by atoms with van der Waals surface area (Å²) in [6, 6.07) is 0. The Morgan fingerprint density at radius 3 is 2.65 bits per heavy atom. The SMILES string of the molecule is Cn1ccn(CCC2CCNCC2)c(=O)c1=O. The van der Waals surface area contributed by atoms with Crippen molar-refractivity contribution in [1.29, 1.82) is 0 Å². The van der Waals surface area contributed by atoms with Gasteiger partial charge in [-0.2, -0.15) is 0 Å². The molecule has 1 aliphatic rings. The van der Waals surface area contributed by atoms with E-state index in [1.807, 2.05) is 0 Å². The maximum absolute atomic E-state index is 11.7. The Labute approximate surface area is 100 Å². The number of aromatic nitrogens is 2. The molecule has 5 nitrogen and oxygen atoms in total. The van der Waals surface area contributed by atoms with Crippen LogP contribution in [-0.2, 0) is 13.6 Å². The first-order valence-corrected chi connectivity index (χ1v) is 6.15. The highest BCUT2D eigenvalue weighted by molar-refractivity contribution is 4.85. The van der Waals surface area contributed by atoms with Crippen LogP contribution < -0.4 is 16.4 Å². The molecule has 0 atom stereocenters. The molecular weight excluding hydrogens is 218 g/mol. The molecule has 0 amide bonds. The lowest BCUT2D eigenvalue weighted by Crippen LogP contribution is -2.40. The third-order valence-corrected chi connectivity index (χ3v) is 3.47. The minimum absolute atomic E-state index is 0.413. The van der Waals surface area contributed by atoms with E-state index in [1.54, 1.807) is 19.4 Å². The Morgan fingerprint density at radius 2 is 1.94 bits per heavy atom. The van der Waals surface area contributed by atoms with E-state index < -0.39 is 11.1 Å². The van der Waals surface area contributed by atoms with Crippen molar-refractivity contribution in [3.05, 3.63) is 33.1 Å². The molecule has 5 heteroatoms. The van der Waals surface area contributed by atoms with E-state index in [1.165, 1.54) is 22.0 Å². The minimum Gasteiger partial charge on any atom is -0.317 e. The Bertz CT molecular complexity index is 483. The van der Waals surface area contributed by atoms with Crippen molar-refractivity contribution >= 4 is 0 Å². The van der Waals surface area contributed by atoms with Gasteiger partial charge in [-0.15, -0.1) is 0 Å². The van der Waals surface area contributed by atoms with Gasteiger partial charge in [-0.05, 0) is 38.3 Å². The van der Waals surface area contributed by atoms with Gasteiger partial charge in [-0.3, -0.25) is 9.59 Å². The fraction of sp³-hybridized carbons (Fsp3) is 0.667. The maximum Gasteiger partial charge on any atom is 0.316 e. The van der Waals surface area contributed by atoms with E-state index >= 15 is 0 Å². The van der Waals surface area contributed by atoms with Gasteiger partial charge in [-0.25, -0.2) is 0 Å². The topological polar surface area (TPSA) is 56.0 Å². The second-order valence-electron chi connectivity index (χ2n) is 4.69. The van der Waals surface area contributed by atoms with Crippen LogP contribution in [0.3, 0.4) is 0 Å². The highest BCUT2D eigenvalue weighted by Crippen LogP contribution is 2.15. The molecule has 0 spiro atoms. The molecular formula is C12H19N3O2. The van der Waals surface area contributed by atoms with Crippen LogP contribution in [0, 0.1) is 5.92 Å². The van der Waals surface area contributed by atoms with E-state index in [-0.39, 0.29) is 0 Å². The normalized spacial score (nSPS) is 17.2. The summed E-state index contributed by atoms with van der Waals surface area (Å²) in [5, 5.41) is 3.32. The van der Waals surface area contributed by atoms with Gasteiger partial charge in [0.15, 0.2) is 0 Å². The molecule has 0 saturated carbocycles. The van der Waals surface area contributed by atoms with E-state index in [4.69, 9.17) is 0 Å². The molecule has 1 aromatic heterocycles. The molecule has 2 heterocycles. The first kappa shape index (κ1) is 12.1. The average Bonchev–Trinajstić information content (AvgIpc) is 2.36.